The molecule has 37 heavy (non-hydrogen) atoms. The number of fused-ring (bicyclic) bond motifs is 1. The molecule has 3 heterocycles. The zero-order valence-electron chi connectivity index (χ0n) is 21.6. The molecule has 1 saturated carbocycles. The van der Waals surface area contributed by atoms with Gasteiger partial charge in [-0.2, -0.15) is 0 Å². The number of rotatable bonds is 5. The highest BCUT2D eigenvalue weighted by atomic mass is 35.5. The lowest BCUT2D eigenvalue weighted by Crippen LogP contribution is -2.49. The van der Waals surface area contributed by atoms with Crippen LogP contribution in [0, 0.1) is 6.92 Å². The molecule has 2 aromatic heterocycles. The van der Waals surface area contributed by atoms with Gasteiger partial charge in [-0.1, -0.05) is 35.9 Å². The zero-order valence-corrected chi connectivity index (χ0v) is 22.4. The van der Waals surface area contributed by atoms with E-state index in [0.29, 0.717) is 17.2 Å². The molecule has 0 amide bonds. The first-order valence-electron chi connectivity index (χ1n) is 13.3. The Hall–Kier alpha value is -2.93. The van der Waals surface area contributed by atoms with Crippen LogP contribution < -0.4 is 4.74 Å². The Kier molecular flexibility index (Phi) is 6.89. The molecule has 4 aromatic rings. The number of nitrogens with zero attached hydrogens (tertiary/aromatic N) is 5. The van der Waals surface area contributed by atoms with Gasteiger partial charge < -0.3 is 14.2 Å². The van der Waals surface area contributed by atoms with Gasteiger partial charge in [0, 0.05) is 50.0 Å². The van der Waals surface area contributed by atoms with Crippen molar-refractivity contribution in [2.45, 2.75) is 44.7 Å². The number of ether oxygens (including phenoxy) is 1. The minimum Gasteiger partial charge on any atom is -0.457 e. The van der Waals surface area contributed by atoms with E-state index < -0.39 is 0 Å². The van der Waals surface area contributed by atoms with Crippen LogP contribution in [0.5, 0.6) is 11.5 Å². The summed E-state index contributed by atoms with van der Waals surface area (Å²) >= 11 is 6.68. The second-order valence-corrected chi connectivity index (χ2v) is 10.9. The first-order valence-corrected chi connectivity index (χ1v) is 13.7. The summed E-state index contributed by atoms with van der Waals surface area (Å²) in [5, 5.41) is 1.44. The largest absolute Gasteiger partial charge is 0.457 e. The lowest BCUT2D eigenvalue weighted by Gasteiger charge is -2.41. The highest BCUT2D eigenvalue weighted by molar-refractivity contribution is 6.35. The first kappa shape index (κ1) is 24.4. The van der Waals surface area contributed by atoms with E-state index in [9.17, 15) is 0 Å². The van der Waals surface area contributed by atoms with E-state index in [-0.39, 0.29) is 0 Å². The predicted octanol–water partition coefficient (Wildman–Crippen LogP) is 6.58. The van der Waals surface area contributed by atoms with Crippen LogP contribution >= 0.6 is 11.6 Å². The third kappa shape index (κ3) is 4.98. The van der Waals surface area contributed by atoms with Gasteiger partial charge >= 0.3 is 0 Å². The van der Waals surface area contributed by atoms with Crippen molar-refractivity contribution in [2.75, 3.05) is 33.2 Å². The zero-order chi connectivity index (χ0) is 25.4. The van der Waals surface area contributed by atoms with Crippen LogP contribution in [-0.4, -0.2) is 63.6 Å². The number of hydrogen-bond acceptors (Lipinski definition) is 5. The SMILES string of the molecule is Cc1cc(-c2cn(C3CCC(N4CCN(C)CC4)CC3)c3ncnc(Cl)c23)ccc1Oc1ccccc1. The molecule has 0 bridgehead atoms. The minimum atomic E-state index is 0.424. The summed E-state index contributed by atoms with van der Waals surface area (Å²) in [7, 11) is 2.22. The Balaban J connectivity index is 1.26. The maximum Gasteiger partial charge on any atom is 0.145 e. The van der Waals surface area contributed by atoms with Gasteiger partial charge in [-0.05, 0) is 75.0 Å². The maximum atomic E-state index is 6.68. The van der Waals surface area contributed by atoms with Gasteiger partial charge in [-0.3, -0.25) is 4.90 Å². The van der Waals surface area contributed by atoms with Crippen molar-refractivity contribution in [3.05, 3.63) is 71.8 Å². The first-order chi connectivity index (χ1) is 18.1. The molecule has 1 aliphatic heterocycles. The second-order valence-electron chi connectivity index (χ2n) is 10.5. The molecular weight excluding hydrogens is 482 g/mol. The topological polar surface area (TPSA) is 46.4 Å². The van der Waals surface area contributed by atoms with Crippen molar-refractivity contribution in [3.8, 4) is 22.6 Å². The fraction of sp³-hybridized carbons (Fsp3) is 0.400. The molecule has 2 aliphatic rings. The average Bonchev–Trinajstić information content (AvgIpc) is 3.32. The molecule has 2 aromatic carbocycles. The van der Waals surface area contributed by atoms with Crippen molar-refractivity contribution in [1.29, 1.82) is 0 Å². The van der Waals surface area contributed by atoms with Gasteiger partial charge in [-0.15, -0.1) is 0 Å². The van der Waals surface area contributed by atoms with Crippen LogP contribution in [-0.2, 0) is 0 Å². The van der Waals surface area contributed by atoms with Gasteiger partial charge in [-0.25, -0.2) is 9.97 Å². The number of hydrogen-bond donors (Lipinski definition) is 0. The summed E-state index contributed by atoms with van der Waals surface area (Å²) < 4.78 is 8.48. The summed E-state index contributed by atoms with van der Waals surface area (Å²) in [6.45, 7) is 6.81. The quantitative estimate of drug-likeness (QED) is 0.281. The van der Waals surface area contributed by atoms with Crippen LogP contribution in [0.2, 0.25) is 5.15 Å². The van der Waals surface area contributed by atoms with Crippen LogP contribution in [0.15, 0.2) is 61.1 Å². The summed E-state index contributed by atoms with van der Waals surface area (Å²) in [6, 6.07) is 17.3. The maximum absolute atomic E-state index is 6.68. The molecular formula is C30H34ClN5O. The average molecular weight is 516 g/mol. The van der Waals surface area contributed by atoms with E-state index in [0.717, 1.165) is 52.1 Å². The van der Waals surface area contributed by atoms with Crippen molar-refractivity contribution < 1.29 is 4.74 Å². The Morgan fingerprint density at radius 2 is 1.62 bits per heavy atom. The fourth-order valence-electron chi connectivity index (χ4n) is 5.98. The Morgan fingerprint density at radius 1 is 0.892 bits per heavy atom. The molecule has 0 spiro atoms. The molecule has 7 heteroatoms. The number of aryl methyl sites for hydroxylation is 1. The van der Waals surface area contributed by atoms with Gasteiger partial charge in [0.2, 0.25) is 0 Å². The van der Waals surface area contributed by atoms with Crippen molar-refractivity contribution in [3.63, 3.8) is 0 Å². The van der Waals surface area contributed by atoms with Gasteiger partial charge in [0.15, 0.2) is 0 Å². The number of piperazine rings is 1. The smallest absolute Gasteiger partial charge is 0.145 e. The second kappa shape index (κ2) is 10.4. The fourth-order valence-corrected chi connectivity index (χ4v) is 6.21. The summed E-state index contributed by atoms with van der Waals surface area (Å²) in [5.41, 5.74) is 4.18. The lowest BCUT2D eigenvalue weighted by molar-refractivity contribution is 0.0828. The molecule has 0 radical (unpaired) electrons. The van der Waals surface area contributed by atoms with E-state index >= 15 is 0 Å². The van der Waals surface area contributed by atoms with E-state index in [1.54, 1.807) is 6.33 Å². The van der Waals surface area contributed by atoms with E-state index in [4.69, 9.17) is 21.3 Å². The van der Waals surface area contributed by atoms with Gasteiger partial charge in [0.25, 0.3) is 0 Å². The standard InChI is InChI=1S/C30H34ClN5O/c1-21-18-22(8-13-27(21)37-25-6-4-3-5-7-25)26-19-36(30-28(26)29(31)32-20-33-30)24-11-9-23(10-12-24)35-16-14-34(2)15-17-35/h3-8,13,18-20,23-24H,9-12,14-17H2,1-2H3. The van der Waals surface area contributed by atoms with Crippen LogP contribution in [0.4, 0.5) is 0 Å². The number of aromatic nitrogens is 3. The third-order valence-corrected chi connectivity index (χ3v) is 8.42. The molecule has 0 unspecified atom stereocenters. The minimum absolute atomic E-state index is 0.424. The number of benzene rings is 2. The number of halogens is 1. The van der Waals surface area contributed by atoms with Crippen LogP contribution in [0.1, 0.15) is 37.3 Å². The van der Waals surface area contributed by atoms with Crippen LogP contribution in [0.25, 0.3) is 22.2 Å². The monoisotopic (exact) mass is 515 g/mol. The van der Waals surface area contributed by atoms with Crippen molar-refractivity contribution in [1.82, 2.24) is 24.3 Å². The number of para-hydroxylation sites is 1. The molecule has 1 aliphatic carbocycles. The van der Waals surface area contributed by atoms with E-state index in [1.165, 1.54) is 39.0 Å². The summed E-state index contributed by atoms with van der Waals surface area (Å²) in [5.74, 6) is 1.68. The molecule has 0 atom stereocenters. The van der Waals surface area contributed by atoms with Crippen molar-refractivity contribution >= 4 is 22.6 Å². The van der Waals surface area contributed by atoms with Gasteiger partial charge in [0.1, 0.15) is 28.6 Å². The molecule has 192 valence electrons. The normalized spacial score (nSPS) is 21.4. The predicted molar refractivity (Wildman–Crippen MR) is 150 cm³/mol. The third-order valence-electron chi connectivity index (χ3n) is 8.13. The highest BCUT2D eigenvalue weighted by Crippen LogP contribution is 2.40. The molecule has 1 saturated heterocycles. The number of likely N-dealkylation sites (N-methyl/N-ethyl adjacent to an activating group) is 1. The summed E-state index contributed by atoms with van der Waals surface area (Å²) in [6.07, 6.45) is 8.61. The molecule has 2 fully saturated rings. The molecule has 0 N–H and O–H groups in total. The molecule has 6 nitrogen and oxygen atoms in total. The van der Waals surface area contributed by atoms with E-state index in [2.05, 4.69) is 51.7 Å². The Morgan fingerprint density at radius 3 is 2.35 bits per heavy atom. The lowest BCUT2D eigenvalue weighted by atomic mass is 9.89. The Labute approximate surface area is 223 Å². The summed E-state index contributed by atoms with van der Waals surface area (Å²) in [4.78, 5) is 14.2. The van der Waals surface area contributed by atoms with E-state index in [1.807, 2.05) is 36.4 Å². The van der Waals surface area contributed by atoms with Gasteiger partial charge in [0.05, 0.1) is 5.39 Å². The van der Waals surface area contributed by atoms with Crippen LogP contribution in [0.3, 0.4) is 0 Å². The highest BCUT2D eigenvalue weighted by Gasteiger charge is 2.30. The van der Waals surface area contributed by atoms with Crippen molar-refractivity contribution in [2.24, 2.45) is 0 Å². The molecule has 6 rings (SSSR count). The Bertz CT molecular complexity index is 1370.